The first-order valence-corrected chi connectivity index (χ1v) is 5.66. The summed E-state index contributed by atoms with van der Waals surface area (Å²) >= 11 is 0. The van der Waals surface area contributed by atoms with E-state index in [4.69, 9.17) is 4.74 Å². The highest BCUT2D eigenvalue weighted by atomic mass is 19.3. The fraction of sp³-hybridized carbons (Fsp3) is 0.909. The van der Waals surface area contributed by atoms with Crippen LogP contribution >= 0.6 is 0 Å². The SMILES string of the molecule is CC(C)(C)OC(=O)N(CCC(F)F)CCC(F)F. The van der Waals surface area contributed by atoms with E-state index in [-0.39, 0.29) is 13.1 Å². The van der Waals surface area contributed by atoms with Crippen molar-refractivity contribution >= 4 is 6.09 Å². The van der Waals surface area contributed by atoms with Crippen molar-refractivity contribution < 1.29 is 27.1 Å². The van der Waals surface area contributed by atoms with E-state index < -0.39 is 37.4 Å². The summed E-state index contributed by atoms with van der Waals surface area (Å²) in [6.45, 7) is 4.26. The van der Waals surface area contributed by atoms with E-state index >= 15 is 0 Å². The predicted octanol–water partition coefficient (Wildman–Crippen LogP) is 3.53. The molecular formula is C11H19F4NO2. The van der Waals surface area contributed by atoms with Crippen LogP contribution in [0.5, 0.6) is 0 Å². The number of carbonyl (C=O) groups excluding carboxylic acids is 1. The Labute approximate surface area is 104 Å². The molecule has 0 radical (unpaired) electrons. The van der Waals surface area contributed by atoms with Crippen molar-refractivity contribution in [3.05, 3.63) is 0 Å². The minimum absolute atomic E-state index is 0.292. The molecule has 108 valence electrons. The lowest BCUT2D eigenvalue weighted by atomic mass is 10.2. The molecule has 0 saturated carbocycles. The fourth-order valence-corrected chi connectivity index (χ4v) is 1.13. The van der Waals surface area contributed by atoms with E-state index in [0.29, 0.717) is 0 Å². The van der Waals surface area contributed by atoms with Crippen LogP contribution in [0.25, 0.3) is 0 Å². The van der Waals surface area contributed by atoms with Crippen molar-refractivity contribution in [3.63, 3.8) is 0 Å². The average Bonchev–Trinajstić information content (AvgIpc) is 2.13. The van der Waals surface area contributed by atoms with Crippen molar-refractivity contribution in [1.82, 2.24) is 4.90 Å². The number of hydrogen-bond acceptors (Lipinski definition) is 2. The first-order valence-electron chi connectivity index (χ1n) is 5.66. The third-order valence-electron chi connectivity index (χ3n) is 1.89. The molecule has 0 unspecified atom stereocenters. The number of ether oxygens (including phenoxy) is 1. The van der Waals surface area contributed by atoms with Gasteiger partial charge < -0.3 is 9.64 Å². The summed E-state index contributed by atoms with van der Waals surface area (Å²) in [5.41, 5.74) is -0.787. The van der Waals surface area contributed by atoms with Crippen molar-refractivity contribution in [2.45, 2.75) is 52.1 Å². The smallest absolute Gasteiger partial charge is 0.410 e. The summed E-state index contributed by atoms with van der Waals surface area (Å²) in [6, 6.07) is 0. The molecule has 0 aliphatic rings. The van der Waals surface area contributed by atoms with Crippen LogP contribution in [0.2, 0.25) is 0 Å². The number of halogens is 4. The molecule has 0 rings (SSSR count). The summed E-state index contributed by atoms with van der Waals surface area (Å²) in [6.07, 6.45) is -7.11. The molecule has 0 aliphatic heterocycles. The molecule has 3 nitrogen and oxygen atoms in total. The summed E-state index contributed by atoms with van der Waals surface area (Å²) in [7, 11) is 0. The Bertz CT molecular complexity index is 242. The van der Waals surface area contributed by atoms with Crippen molar-refractivity contribution in [3.8, 4) is 0 Å². The number of alkyl halides is 4. The Balaban J connectivity index is 4.39. The van der Waals surface area contributed by atoms with E-state index in [1.165, 1.54) is 0 Å². The topological polar surface area (TPSA) is 29.5 Å². The molecule has 0 saturated heterocycles. The molecular weight excluding hydrogens is 254 g/mol. The molecule has 0 spiro atoms. The maximum Gasteiger partial charge on any atom is 0.410 e. The number of hydrogen-bond donors (Lipinski definition) is 0. The molecule has 7 heteroatoms. The minimum atomic E-state index is -2.58. The van der Waals surface area contributed by atoms with Crippen molar-refractivity contribution in [2.24, 2.45) is 0 Å². The Morgan fingerprint density at radius 1 is 1.06 bits per heavy atom. The molecule has 0 heterocycles. The molecule has 0 N–H and O–H groups in total. The molecule has 0 bridgehead atoms. The van der Waals surface area contributed by atoms with Crippen LogP contribution in [0, 0.1) is 0 Å². The number of nitrogens with zero attached hydrogens (tertiary/aromatic N) is 1. The standard InChI is InChI=1S/C11H19F4NO2/c1-11(2,3)18-10(17)16(6-4-8(12)13)7-5-9(14)15/h8-9H,4-7H2,1-3H3. The van der Waals surface area contributed by atoms with Gasteiger partial charge in [-0.1, -0.05) is 0 Å². The number of rotatable bonds is 6. The molecule has 0 fully saturated rings. The molecule has 0 atom stereocenters. The van der Waals surface area contributed by atoms with Gasteiger partial charge in [0.2, 0.25) is 12.9 Å². The van der Waals surface area contributed by atoms with Gasteiger partial charge in [-0.2, -0.15) is 0 Å². The van der Waals surface area contributed by atoms with Crippen molar-refractivity contribution in [1.29, 1.82) is 0 Å². The zero-order chi connectivity index (χ0) is 14.3. The van der Waals surface area contributed by atoms with Gasteiger partial charge in [-0.3, -0.25) is 0 Å². The first kappa shape index (κ1) is 17.0. The van der Waals surface area contributed by atoms with Crippen LogP contribution in [0.15, 0.2) is 0 Å². The summed E-state index contributed by atoms with van der Waals surface area (Å²) in [5, 5.41) is 0. The van der Waals surface area contributed by atoms with Crippen LogP contribution in [-0.2, 0) is 4.74 Å². The van der Waals surface area contributed by atoms with Gasteiger partial charge >= 0.3 is 6.09 Å². The van der Waals surface area contributed by atoms with Gasteiger partial charge in [0.1, 0.15) is 5.60 Å². The number of amides is 1. The van der Waals surface area contributed by atoms with Gasteiger partial charge in [0.15, 0.2) is 0 Å². The maximum absolute atomic E-state index is 12.1. The van der Waals surface area contributed by atoms with Crippen LogP contribution in [0.3, 0.4) is 0 Å². The van der Waals surface area contributed by atoms with Crippen LogP contribution in [0.1, 0.15) is 33.6 Å². The van der Waals surface area contributed by atoms with Gasteiger partial charge in [-0.15, -0.1) is 0 Å². The van der Waals surface area contributed by atoms with E-state index in [1.54, 1.807) is 20.8 Å². The van der Waals surface area contributed by atoms with Crippen molar-refractivity contribution in [2.75, 3.05) is 13.1 Å². The van der Waals surface area contributed by atoms with Gasteiger partial charge in [0, 0.05) is 25.9 Å². The molecule has 0 aliphatic carbocycles. The molecule has 0 aromatic carbocycles. The van der Waals surface area contributed by atoms with Gasteiger partial charge in [-0.05, 0) is 20.8 Å². The van der Waals surface area contributed by atoms with Gasteiger partial charge in [-0.25, -0.2) is 22.4 Å². The Morgan fingerprint density at radius 3 is 1.72 bits per heavy atom. The second-order valence-electron chi connectivity index (χ2n) is 4.83. The largest absolute Gasteiger partial charge is 0.444 e. The van der Waals surface area contributed by atoms with Crippen LogP contribution < -0.4 is 0 Å². The lowest BCUT2D eigenvalue weighted by Crippen LogP contribution is -2.39. The van der Waals surface area contributed by atoms with Crippen LogP contribution in [0.4, 0.5) is 22.4 Å². The summed E-state index contributed by atoms with van der Waals surface area (Å²) in [4.78, 5) is 12.5. The summed E-state index contributed by atoms with van der Waals surface area (Å²) < 4.78 is 53.2. The quantitative estimate of drug-likeness (QED) is 0.693. The predicted molar refractivity (Wildman–Crippen MR) is 59.0 cm³/mol. The Morgan fingerprint density at radius 2 is 1.44 bits per heavy atom. The highest BCUT2D eigenvalue weighted by Gasteiger charge is 2.23. The maximum atomic E-state index is 12.1. The molecule has 1 amide bonds. The first-order chi connectivity index (χ1) is 8.11. The summed E-state index contributed by atoms with van der Waals surface area (Å²) in [5.74, 6) is 0. The average molecular weight is 273 g/mol. The van der Waals surface area contributed by atoms with Crippen LogP contribution in [-0.4, -0.2) is 42.5 Å². The molecule has 18 heavy (non-hydrogen) atoms. The minimum Gasteiger partial charge on any atom is -0.444 e. The number of carbonyl (C=O) groups is 1. The second kappa shape index (κ2) is 7.43. The zero-order valence-corrected chi connectivity index (χ0v) is 10.8. The normalized spacial score (nSPS) is 12.1. The second-order valence-corrected chi connectivity index (χ2v) is 4.83. The van der Waals surface area contributed by atoms with E-state index in [2.05, 4.69) is 0 Å². The molecule has 0 aromatic heterocycles. The Kier molecular flexibility index (Phi) is 7.01. The lowest BCUT2D eigenvalue weighted by Gasteiger charge is -2.27. The molecule has 0 aromatic rings. The third kappa shape index (κ3) is 9.07. The third-order valence-corrected chi connectivity index (χ3v) is 1.89. The van der Waals surface area contributed by atoms with Gasteiger partial charge in [0.05, 0.1) is 0 Å². The zero-order valence-electron chi connectivity index (χ0n) is 10.8. The van der Waals surface area contributed by atoms with E-state index in [1.807, 2.05) is 0 Å². The highest BCUT2D eigenvalue weighted by molar-refractivity contribution is 5.68. The van der Waals surface area contributed by atoms with E-state index in [9.17, 15) is 22.4 Å². The Hall–Kier alpha value is -1.01. The lowest BCUT2D eigenvalue weighted by molar-refractivity contribution is 0.0168. The monoisotopic (exact) mass is 273 g/mol. The highest BCUT2D eigenvalue weighted by Crippen LogP contribution is 2.13. The van der Waals surface area contributed by atoms with Gasteiger partial charge in [0.25, 0.3) is 0 Å². The fourth-order valence-electron chi connectivity index (χ4n) is 1.13. The van der Waals surface area contributed by atoms with E-state index in [0.717, 1.165) is 4.90 Å².